The van der Waals surface area contributed by atoms with Crippen molar-refractivity contribution >= 4 is 22.7 Å². The Morgan fingerprint density at radius 3 is 2.62 bits per heavy atom. The lowest BCUT2D eigenvalue weighted by molar-refractivity contribution is 0.0699. The number of halogens is 1. The summed E-state index contributed by atoms with van der Waals surface area (Å²) in [5.41, 5.74) is 0.0642. The standard InChI is InChI=1S/C15H14FNO4/c16-9-4-5-10-11(15(20)21)8-13(17-12(10)7-9)14(19)3-1-2-6-18/h4-5,7-8,18H,1-3,6H2,(H,20,21). The number of rotatable bonds is 6. The molecule has 0 aliphatic carbocycles. The van der Waals surface area contributed by atoms with E-state index in [0.29, 0.717) is 12.8 Å². The largest absolute Gasteiger partial charge is 0.478 e. The van der Waals surface area contributed by atoms with Gasteiger partial charge in [0.2, 0.25) is 0 Å². The molecule has 110 valence electrons. The van der Waals surface area contributed by atoms with Gasteiger partial charge in [0.1, 0.15) is 11.5 Å². The minimum Gasteiger partial charge on any atom is -0.478 e. The lowest BCUT2D eigenvalue weighted by atomic mass is 10.0. The molecule has 0 saturated heterocycles. The van der Waals surface area contributed by atoms with Crippen LogP contribution in [0.2, 0.25) is 0 Å². The first-order valence-corrected chi connectivity index (χ1v) is 6.50. The monoisotopic (exact) mass is 291 g/mol. The van der Waals surface area contributed by atoms with Crippen LogP contribution in [0.4, 0.5) is 4.39 Å². The Morgan fingerprint density at radius 1 is 1.19 bits per heavy atom. The van der Waals surface area contributed by atoms with Crippen LogP contribution < -0.4 is 0 Å². The van der Waals surface area contributed by atoms with Crippen molar-refractivity contribution in [1.29, 1.82) is 0 Å². The van der Waals surface area contributed by atoms with E-state index >= 15 is 0 Å². The predicted octanol–water partition coefficient (Wildman–Crippen LogP) is 2.42. The van der Waals surface area contributed by atoms with E-state index in [1.165, 1.54) is 12.1 Å². The minimum absolute atomic E-state index is 0.00318. The van der Waals surface area contributed by atoms with Gasteiger partial charge in [0.15, 0.2) is 5.78 Å². The van der Waals surface area contributed by atoms with E-state index in [1.54, 1.807) is 0 Å². The van der Waals surface area contributed by atoms with Crippen LogP contribution in [0.5, 0.6) is 0 Å². The Bertz CT molecular complexity index is 699. The van der Waals surface area contributed by atoms with Gasteiger partial charge >= 0.3 is 5.97 Å². The molecule has 0 bridgehead atoms. The molecule has 2 N–H and O–H groups in total. The number of aromatic carboxylic acids is 1. The molecule has 0 amide bonds. The van der Waals surface area contributed by atoms with Crippen LogP contribution in [-0.2, 0) is 0 Å². The summed E-state index contributed by atoms with van der Waals surface area (Å²) in [5.74, 6) is -2.06. The molecule has 1 aromatic carbocycles. The van der Waals surface area contributed by atoms with Crippen molar-refractivity contribution in [3.05, 3.63) is 41.3 Å². The van der Waals surface area contributed by atoms with Crippen molar-refractivity contribution in [3.63, 3.8) is 0 Å². The van der Waals surface area contributed by atoms with Gasteiger partial charge in [-0.2, -0.15) is 0 Å². The van der Waals surface area contributed by atoms with E-state index in [-0.39, 0.29) is 41.0 Å². The smallest absolute Gasteiger partial charge is 0.336 e. The number of Topliss-reactive ketones (excluding diaryl/α,β-unsaturated/α-hetero) is 1. The zero-order chi connectivity index (χ0) is 15.4. The number of fused-ring (bicyclic) bond motifs is 1. The summed E-state index contributed by atoms with van der Waals surface area (Å²) in [7, 11) is 0. The van der Waals surface area contributed by atoms with Crippen molar-refractivity contribution in [2.45, 2.75) is 19.3 Å². The van der Waals surface area contributed by atoms with Gasteiger partial charge in [-0.05, 0) is 31.0 Å². The van der Waals surface area contributed by atoms with Crippen LogP contribution in [-0.4, -0.2) is 33.6 Å². The molecule has 6 heteroatoms. The first kappa shape index (κ1) is 15.1. The molecule has 5 nitrogen and oxygen atoms in total. The van der Waals surface area contributed by atoms with Gasteiger partial charge in [-0.15, -0.1) is 0 Å². The molecule has 2 rings (SSSR count). The fourth-order valence-electron chi connectivity index (χ4n) is 2.05. The first-order valence-electron chi connectivity index (χ1n) is 6.50. The molecule has 0 aliphatic heterocycles. The molecule has 21 heavy (non-hydrogen) atoms. The first-order chi connectivity index (χ1) is 10.0. The Kier molecular flexibility index (Phi) is 4.59. The second-order valence-electron chi connectivity index (χ2n) is 4.63. The number of carbonyl (C=O) groups excluding carboxylic acids is 1. The van der Waals surface area contributed by atoms with Crippen LogP contribution in [0.1, 0.15) is 40.1 Å². The Morgan fingerprint density at radius 2 is 1.95 bits per heavy atom. The fourth-order valence-corrected chi connectivity index (χ4v) is 2.05. The summed E-state index contributed by atoms with van der Waals surface area (Å²) in [6.07, 6.45) is 1.13. The SMILES string of the molecule is O=C(CCCCO)c1cc(C(=O)O)c2ccc(F)cc2n1. The van der Waals surface area contributed by atoms with Crippen molar-refractivity contribution in [1.82, 2.24) is 4.98 Å². The molecule has 1 heterocycles. The summed E-state index contributed by atoms with van der Waals surface area (Å²) in [6.45, 7) is -0.00990. The maximum atomic E-state index is 13.3. The van der Waals surface area contributed by atoms with Crippen molar-refractivity contribution < 1.29 is 24.2 Å². The normalized spacial score (nSPS) is 10.8. The third-order valence-corrected chi connectivity index (χ3v) is 3.10. The number of hydrogen-bond acceptors (Lipinski definition) is 4. The van der Waals surface area contributed by atoms with E-state index in [2.05, 4.69) is 4.98 Å². The number of pyridine rings is 1. The summed E-state index contributed by atoms with van der Waals surface area (Å²) in [4.78, 5) is 27.3. The summed E-state index contributed by atoms with van der Waals surface area (Å²) in [6, 6.07) is 4.80. The van der Waals surface area contributed by atoms with Gasteiger partial charge in [0, 0.05) is 24.5 Å². The van der Waals surface area contributed by atoms with Gasteiger partial charge < -0.3 is 10.2 Å². The molecular formula is C15H14FNO4. The van der Waals surface area contributed by atoms with Gasteiger partial charge in [-0.1, -0.05) is 0 Å². The number of aliphatic hydroxyl groups is 1. The lowest BCUT2D eigenvalue weighted by Crippen LogP contribution is -2.07. The Hall–Kier alpha value is -2.34. The molecule has 0 unspecified atom stereocenters. The Balaban J connectivity index is 2.45. The highest BCUT2D eigenvalue weighted by molar-refractivity contribution is 6.06. The van der Waals surface area contributed by atoms with E-state index in [9.17, 15) is 19.1 Å². The van der Waals surface area contributed by atoms with Crippen LogP contribution in [0.25, 0.3) is 10.9 Å². The highest BCUT2D eigenvalue weighted by Crippen LogP contribution is 2.21. The number of carbonyl (C=O) groups is 2. The minimum atomic E-state index is -1.20. The third-order valence-electron chi connectivity index (χ3n) is 3.10. The summed E-state index contributed by atoms with van der Waals surface area (Å²) in [5, 5.41) is 18.2. The van der Waals surface area contributed by atoms with Crippen molar-refractivity contribution in [2.75, 3.05) is 6.61 Å². The molecule has 2 aromatic rings. The maximum Gasteiger partial charge on any atom is 0.336 e. The van der Waals surface area contributed by atoms with Crippen LogP contribution in [0.15, 0.2) is 24.3 Å². The molecule has 0 fully saturated rings. The van der Waals surface area contributed by atoms with Gasteiger partial charge in [-0.25, -0.2) is 14.2 Å². The predicted molar refractivity (Wildman–Crippen MR) is 73.9 cm³/mol. The number of carboxylic acid groups (broad SMARTS) is 1. The molecule has 0 aliphatic rings. The summed E-state index contributed by atoms with van der Waals surface area (Å²) >= 11 is 0. The molecular weight excluding hydrogens is 277 g/mol. The second kappa shape index (κ2) is 6.41. The zero-order valence-corrected chi connectivity index (χ0v) is 11.2. The molecule has 0 spiro atoms. The quantitative estimate of drug-likeness (QED) is 0.630. The van der Waals surface area contributed by atoms with Crippen molar-refractivity contribution in [3.8, 4) is 0 Å². The number of unbranched alkanes of at least 4 members (excludes halogenated alkanes) is 1. The number of ketones is 1. The molecule has 0 saturated carbocycles. The number of hydrogen-bond donors (Lipinski definition) is 2. The van der Waals surface area contributed by atoms with Gasteiger partial charge in [-0.3, -0.25) is 4.79 Å². The van der Waals surface area contributed by atoms with Crippen LogP contribution in [0.3, 0.4) is 0 Å². The maximum absolute atomic E-state index is 13.3. The number of nitrogens with zero attached hydrogens (tertiary/aromatic N) is 1. The number of aromatic nitrogens is 1. The topological polar surface area (TPSA) is 87.5 Å². The van der Waals surface area contributed by atoms with Crippen LogP contribution in [0, 0.1) is 5.82 Å². The summed E-state index contributed by atoms with van der Waals surface area (Å²) < 4.78 is 13.3. The van der Waals surface area contributed by atoms with Crippen LogP contribution >= 0.6 is 0 Å². The average Bonchev–Trinajstić information content (AvgIpc) is 2.45. The molecule has 0 radical (unpaired) electrons. The van der Waals surface area contributed by atoms with E-state index < -0.39 is 11.8 Å². The van der Waals surface area contributed by atoms with Crippen molar-refractivity contribution in [2.24, 2.45) is 0 Å². The lowest BCUT2D eigenvalue weighted by Gasteiger charge is -2.06. The fraction of sp³-hybridized carbons (Fsp3) is 0.267. The number of benzene rings is 1. The van der Waals surface area contributed by atoms with Gasteiger partial charge in [0.05, 0.1) is 11.1 Å². The Labute approximate surface area is 120 Å². The third kappa shape index (κ3) is 3.41. The van der Waals surface area contributed by atoms with E-state index in [1.807, 2.05) is 0 Å². The average molecular weight is 291 g/mol. The highest BCUT2D eigenvalue weighted by atomic mass is 19.1. The molecule has 0 atom stereocenters. The van der Waals surface area contributed by atoms with Gasteiger partial charge in [0.25, 0.3) is 0 Å². The number of aliphatic hydroxyl groups excluding tert-OH is 1. The van der Waals surface area contributed by atoms with E-state index in [4.69, 9.17) is 5.11 Å². The second-order valence-corrected chi connectivity index (χ2v) is 4.63. The zero-order valence-electron chi connectivity index (χ0n) is 11.2. The highest BCUT2D eigenvalue weighted by Gasteiger charge is 2.16. The number of carboxylic acids is 1. The van der Waals surface area contributed by atoms with E-state index in [0.717, 1.165) is 12.1 Å². The molecule has 1 aromatic heterocycles.